The Hall–Kier alpha value is -0.570. The van der Waals surface area contributed by atoms with Crippen molar-refractivity contribution in [1.29, 1.82) is 0 Å². The van der Waals surface area contributed by atoms with Gasteiger partial charge < -0.3 is 10.6 Å². The highest BCUT2D eigenvalue weighted by Gasteiger charge is 2.59. The fourth-order valence-corrected chi connectivity index (χ4v) is 2.81. The van der Waals surface area contributed by atoms with E-state index in [-0.39, 0.29) is 0 Å². The quantitative estimate of drug-likeness (QED) is 0.678. The Morgan fingerprint density at radius 2 is 2.29 bits per heavy atom. The lowest BCUT2D eigenvalue weighted by atomic mass is 9.92. The van der Waals surface area contributed by atoms with E-state index in [1.54, 1.807) is 0 Å². The maximum Gasteiger partial charge on any atom is 0.223 e. The van der Waals surface area contributed by atoms with Gasteiger partial charge >= 0.3 is 0 Å². The maximum atomic E-state index is 11.8. The first-order chi connectivity index (χ1) is 6.80. The second-order valence-electron chi connectivity index (χ2n) is 5.18. The summed E-state index contributed by atoms with van der Waals surface area (Å²) in [5, 5.41) is 6.52. The van der Waals surface area contributed by atoms with Crippen LogP contribution < -0.4 is 10.6 Å². The number of hydrogen-bond donors (Lipinski definition) is 2. The Kier molecular flexibility index (Phi) is 1.84. The number of carbonyl (C=O) groups is 1. The predicted octanol–water partition coefficient (Wildman–Crippen LogP) is 0.655. The summed E-state index contributed by atoms with van der Waals surface area (Å²) in [5.74, 6) is 0.663. The van der Waals surface area contributed by atoms with Gasteiger partial charge in [-0.3, -0.25) is 4.79 Å². The molecule has 1 heterocycles. The molecule has 0 unspecified atom stereocenters. The maximum absolute atomic E-state index is 11.8. The molecule has 0 radical (unpaired) electrons. The molecule has 14 heavy (non-hydrogen) atoms. The minimum absolute atomic E-state index is 0.332. The van der Waals surface area contributed by atoms with Crippen LogP contribution in [0, 0.1) is 11.3 Å². The third-order valence-corrected chi connectivity index (χ3v) is 4.23. The molecule has 2 N–H and O–H groups in total. The lowest BCUT2D eigenvalue weighted by molar-refractivity contribution is -0.124. The minimum atomic E-state index is 0.332. The summed E-state index contributed by atoms with van der Waals surface area (Å²) in [4.78, 5) is 11.8. The number of carbonyl (C=O) groups excluding carboxylic acids is 1. The molecule has 3 fully saturated rings. The summed E-state index contributed by atoms with van der Waals surface area (Å²) < 4.78 is 0. The molecule has 3 aliphatic rings. The molecule has 0 aromatic heterocycles. The van der Waals surface area contributed by atoms with Crippen LogP contribution in [0.3, 0.4) is 0 Å². The van der Waals surface area contributed by atoms with Crippen molar-refractivity contribution >= 4 is 5.91 Å². The summed E-state index contributed by atoms with van der Waals surface area (Å²) in [5.41, 5.74) is 0.369. The van der Waals surface area contributed by atoms with Gasteiger partial charge in [0.2, 0.25) is 5.91 Å². The summed E-state index contributed by atoms with van der Waals surface area (Å²) in [7, 11) is 0. The summed E-state index contributed by atoms with van der Waals surface area (Å²) >= 11 is 0. The first-order valence-corrected chi connectivity index (χ1v) is 5.81. The molecule has 2 atom stereocenters. The van der Waals surface area contributed by atoms with Crippen molar-refractivity contribution in [2.45, 2.75) is 38.1 Å². The van der Waals surface area contributed by atoms with Gasteiger partial charge in [-0.2, -0.15) is 0 Å². The average Bonchev–Trinajstić information content (AvgIpc) is 2.57. The highest BCUT2D eigenvalue weighted by molar-refractivity contribution is 5.83. The van der Waals surface area contributed by atoms with Gasteiger partial charge in [0.05, 0.1) is 0 Å². The Bertz CT molecular complexity index is 254. The van der Waals surface area contributed by atoms with Gasteiger partial charge in [-0.1, -0.05) is 0 Å². The third-order valence-electron chi connectivity index (χ3n) is 4.23. The average molecular weight is 194 g/mol. The minimum Gasteiger partial charge on any atom is -0.353 e. The van der Waals surface area contributed by atoms with Crippen molar-refractivity contribution in [2.24, 2.45) is 11.3 Å². The van der Waals surface area contributed by atoms with E-state index >= 15 is 0 Å². The first kappa shape index (κ1) is 8.72. The molecule has 1 spiro atoms. The van der Waals surface area contributed by atoms with E-state index in [2.05, 4.69) is 10.6 Å². The fourth-order valence-electron chi connectivity index (χ4n) is 2.81. The van der Waals surface area contributed by atoms with Gasteiger partial charge in [-0.05, 0) is 44.1 Å². The topological polar surface area (TPSA) is 41.1 Å². The molecule has 1 amide bonds. The van der Waals surface area contributed by atoms with Crippen molar-refractivity contribution in [3.63, 3.8) is 0 Å². The Morgan fingerprint density at radius 3 is 2.86 bits per heavy atom. The molecule has 0 aromatic carbocycles. The lowest BCUT2D eigenvalue weighted by Crippen LogP contribution is -2.41. The monoisotopic (exact) mass is 194 g/mol. The van der Waals surface area contributed by atoms with Gasteiger partial charge in [0.25, 0.3) is 0 Å². The predicted molar refractivity (Wildman–Crippen MR) is 53.8 cm³/mol. The van der Waals surface area contributed by atoms with E-state index in [0.29, 0.717) is 23.3 Å². The van der Waals surface area contributed by atoms with Crippen LogP contribution in [-0.2, 0) is 4.79 Å². The van der Waals surface area contributed by atoms with E-state index in [1.807, 2.05) is 0 Å². The Labute approximate surface area is 84.6 Å². The highest BCUT2D eigenvalue weighted by atomic mass is 16.2. The van der Waals surface area contributed by atoms with Crippen LogP contribution >= 0.6 is 0 Å². The van der Waals surface area contributed by atoms with Crippen molar-refractivity contribution in [3.8, 4) is 0 Å². The van der Waals surface area contributed by atoms with E-state index in [4.69, 9.17) is 0 Å². The smallest absolute Gasteiger partial charge is 0.223 e. The SMILES string of the molecule is O=C(NC1CCC1)[C@H]1C[C@]12CCNC2. The van der Waals surface area contributed by atoms with Gasteiger partial charge in [0.15, 0.2) is 0 Å². The van der Waals surface area contributed by atoms with Crippen molar-refractivity contribution in [2.75, 3.05) is 13.1 Å². The van der Waals surface area contributed by atoms with Crippen molar-refractivity contribution in [3.05, 3.63) is 0 Å². The first-order valence-electron chi connectivity index (χ1n) is 5.81. The van der Waals surface area contributed by atoms with Crippen molar-refractivity contribution in [1.82, 2.24) is 10.6 Å². The Balaban J connectivity index is 1.54. The van der Waals surface area contributed by atoms with E-state index in [9.17, 15) is 4.79 Å². The number of hydrogen-bond acceptors (Lipinski definition) is 2. The largest absolute Gasteiger partial charge is 0.353 e. The molecule has 1 saturated heterocycles. The molecule has 3 heteroatoms. The summed E-state index contributed by atoms with van der Waals surface area (Å²) in [6.45, 7) is 2.17. The molecule has 0 aromatic rings. The lowest BCUT2D eigenvalue weighted by Gasteiger charge is -2.26. The zero-order valence-electron chi connectivity index (χ0n) is 8.51. The van der Waals surface area contributed by atoms with E-state index < -0.39 is 0 Å². The molecule has 1 aliphatic heterocycles. The van der Waals surface area contributed by atoms with Crippen LogP contribution in [0.2, 0.25) is 0 Å². The Morgan fingerprint density at radius 1 is 1.43 bits per heavy atom. The molecule has 78 valence electrons. The van der Waals surface area contributed by atoms with Crippen LogP contribution in [0.1, 0.15) is 32.1 Å². The highest BCUT2D eigenvalue weighted by Crippen LogP contribution is 2.56. The molecule has 3 nitrogen and oxygen atoms in total. The molecule has 3 rings (SSSR count). The molecular weight excluding hydrogens is 176 g/mol. The number of amides is 1. The summed E-state index contributed by atoms with van der Waals surface area (Å²) in [6, 6.07) is 0.509. The van der Waals surface area contributed by atoms with Crippen molar-refractivity contribution < 1.29 is 4.79 Å². The fraction of sp³-hybridized carbons (Fsp3) is 0.909. The normalized spacial score (nSPS) is 41.0. The molecule has 2 saturated carbocycles. The number of nitrogens with one attached hydrogen (secondary N) is 2. The van der Waals surface area contributed by atoms with Gasteiger partial charge in [0, 0.05) is 18.5 Å². The van der Waals surface area contributed by atoms with Crippen LogP contribution in [0.4, 0.5) is 0 Å². The van der Waals surface area contributed by atoms with E-state index in [1.165, 1.54) is 25.7 Å². The third kappa shape index (κ3) is 1.26. The van der Waals surface area contributed by atoms with Gasteiger partial charge in [-0.25, -0.2) is 0 Å². The number of rotatable bonds is 2. The summed E-state index contributed by atoms with van der Waals surface area (Å²) in [6.07, 6.45) is 6.02. The zero-order chi connectivity index (χ0) is 9.60. The van der Waals surface area contributed by atoms with E-state index in [0.717, 1.165) is 19.5 Å². The van der Waals surface area contributed by atoms with Crippen LogP contribution in [0.25, 0.3) is 0 Å². The van der Waals surface area contributed by atoms with Crippen LogP contribution in [0.5, 0.6) is 0 Å². The molecule has 0 bridgehead atoms. The zero-order valence-corrected chi connectivity index (χ0v) is 8.51. The van der Waals surface area contributed by atoms with Crippen LogP contribution in [0.15, 0.2) is 0 Å². The molecular formula is C11H18N2O. The second-order valence-corrected chi connectivity index (χ2v) is 5.18. The standard InChI is InChI=1S/C11H18N2O/c14-10(13-8-2-1-3-8)9-6-11(9)4-5-12-7-11/h8-9,12H,1-7H2,(H,13,14)/t9-,11+/m1/s1. The second kappa shape index (κ2) is 2.96. The van der Waals surface area contributed by atoms with Gasteiger partial charge in [-0.15, -0.1) is 0 Å². The van der Waals surface area contributed by atoms with Gasteiger partial charge in [0.1, 0.15) is 0 Å². The molecule has 2 aliphatic carbocycles. The van der Waals surface area contributed by atoms with Crippen LogP contribution in [-0.4, -0.2) is 25.0 Å².